The summed E-state index contributed by atoms with van der Waals surface area (Å²) in [7, 11) is 3.44. The molecule has 1 aliphatic rings. The van der Waals surface area contributed by atoms with Gasteiger partial charge in [-0.25, -0.2) is 4.99 Å². The smallest absolute Gasteiger partial charge is 0.259 e. The van der Waals surface area contributed by atoms with Crippen molar-refractivity contribution in [1.82, 2.24) is 15.1 Å². The highest BCUT2D eigenvalue weighted by molar-refractivity contribution is 14.0. The van der Waals surface area contributed by atoms with Gasteiger partial charge in [0.2, 0.25) is 0 Å². The van der Waals surface area contributed by atoms with Crippen molar-refractivity contribution in [1.29, 1.82) is 0 Å². The van der Waals surface area contributed by atoms with Crippen LogP contribution in [0.4, 0.5) is 0 Å². The van der Waals surface area contributed by atoms with Gasteiger partial charge < -0.3 is 24.6 Å². The normalized spacial score (nSPS) is 14.9. The lowest BCUT2D eigenvalue weighted by molar-refractivity contribution is -0.130. The topological polar surface area (TPSA) is 66.4 Å². The first-order valence-corrected chi connectivity index (χ1v) is 10.1. The number of benzene rings is 1. The Balaban J connectivity index is 0.00000420. The average Bonchev–Trinajstić information content (AvgIpc) is 2.70. The first-order valence-electron chi connectivity index (χ1n) is 10.1. The second-order valence-corrected chi connectivity index (χ2v) is 7.04. The summed E-state index contributed by atoms with van der Waals surface area (Å²) in [5, 5.41) is 3.39. The molecule has 7 nitrogen and oxygen atoms in total. The van der Waals surface area contributed by atoms with E-state index in [2.05, 4.69) is 17.1 Å². The molecule has 0 radical (unpaired) electrons. The number of guanidine groups is 1. The first-order chi connectivity index (χ1) is 13.5. The molecule has 1 fully saturated rings. The van der Waals surface area contributed by atoms with Crippen LogP contribution in [0.2, 0.25) is 0 Å². The highest BCUT2D eigenvalue weighted by Crippen LogP contribution is 2.16. The number of hydrogen-bond donors (Lipinski definition) is 1. The van der Waals surface area contributed by atoms with E-state index in [1.165, 1.54) is 4.90 Å². The molecule has 2 rings (SSSR count). The summed E-state index contributed by atoms with van der Waals surface area (Å²) in [6.07, 6.45) is 2.42. The molecule has 0 saturated carbocycles. The zero-order chi connectivity index (χ0) is 20.4. The maximum atomic E-state index is 11.7. The van der Waals surface area contributed by atoms with Gasteiger partial charge in [0.15, 0.2) is 12.6 Å². The van der Waals surface area contributed by atoms with Crippen LogP contribution < -0.4 is 10.1 Å². The van der Waals surface area contributed by atoms with E-state index in [0.29, 0.717) is 18.4 Å². The molecule has 1 N–H and O–H groups in total. The third-order valence-electron chi connectivity index (χ3n) is 4.65. The number of likely N-dealkylation sites (tertiary alicyclic amines) is 1. The first kappa shape index (κ1) is 25.5. The lowest BCUT2D eigenvalue weighted by atomic mass is 10.1. The predicted molar refractivity (Wildman–Crippen MR) is 127 cm³/mol. The van der Waals surface area contributed by atoms with Crippen LogP contribution >= 0.6 is 24.0 Å². The van der Waals surface area contributed by atoms with Gasteiger partial charge in [-0.15, -0.1) is 24.0 Å². The number of hydrogen-bond acceptors (Lipinski definition) is 4. The Morgan fingerprint density at radius 3 is 2.62 bits per heavy atom. The van der Waals surface area contributed by atoms with Gasteiger partial charge in [0.25, 0.3) is 5.91 Å². The van der Waals surface area contributed by atoms with Crippen LogP contribution in [-0.2, 0) is 16.1 Å². The number of carbonyl (C=O) groups is 1. The van der Waals surface area contributed by atoms with E-state index in [-0.39, 0.29) is 36.5 Å². The zero-order valence-electron chi connectivity index (χ0n) is 18.0. The second-order valence-electron chi connectivity index (χ2n) is 7.04. The third kappa shape index (κ3) is 8.77. The molecule has 1 heterocycles. The molecule has 0 unspecified atom stereocenters. The molecule has 164 valence electrons. The SMILES string of the molecule is CCNC(=NCc1cccc(OCC(=O)N(C)C)c1)N1CCC(OCC)CC1.I. The molecule has 0 spiro atoms. The van der Waals surface area contributed by atoms with Crippen LogP contribution in [-0.4, -0.2) is 74.7 Å². The Morgan fingerprint density at radius 2 is 2.00 bits per heavy atom. The Labute approximate surface area is 191 Å². The Hall–Kier alpha value is -1.55. The van der Waals surface area contributed by atoms with Crippen molar-refractivity contribution in [3.8, 4) is 5.75 Å². The average molecular weight is 518 g/mol. The summed E-state index contributed by atoms with van der Waals surface area (Å²) < 4.78 is 11.3. The fourth-order valence-corrected chi connectivity index (χ4v) is 3.07. The highest BCUT2D eigenvalue weighted by Gasteiger charge is 2.21. The standard InChI is InChI=1S/C21H34N4O3.HI/c1-5-22-21(25-12-10-18(11-13-25)27-6-2)23-15-17-8-7-9-19(14-17)28-16-20(26)24(3)4;/h7-9,14,18H,5-6,10-13,15-16H2,1-4H3,(H,22,23);1H. The summed E-state index contributed by atoms with van der Waals surface area (Å²) >= 11 is 0. The van der Waals surface area contributed by atoms with E-state index in [1.807, 2.05) is 31.2 Å². The van der Waals surface area contributed by atoms with Crippen molar-refractivity contribution in [3.63, 3.8) is 0 Å². The van der Waals surface area contributed by atoms with E-state index in [1.54, 1.807) is 14.1 Å². The number of amides is 1. The number of nitrogens with one attached hydrogen (secondary N) is 1. The molecule has 1 saturated heterocycles. The fourth-order valence-electron chi connectivity index (χ4n) is 3.07. The van der Waals surface area contributed by atoms with E-state index >= 15 is 0 Å². The van der Waals surface area contributed by atoms with Crippen molar-refractivity contribution in [3.05, 3.63) is 29.8 Å². The summed E-state index contributed by atoms with van der Waals surface area (Å²) in [5.74, 6) is 1.56. The molecule has 1 aromatic carbocycles. The second kappa shape index (κ2) is 13.6. The van der Waals surface area contributed by atoms with Crippen LogP contribution in [0, 0.1) is 0 Å². The Kier molecular flexibility index (Phi) is 12.0. The van der Waals surface area contributed by atoms with Crippen LogP contribution in [0.25, 0.3) is 0 Å². The molecule has 0 aromatic heterocycles. The minimum absolute atomic E-state index is 0. The monoisotopic (exact) mass is 518 g/mol. The van der Waals surface area contributed by atoms with Crippen molar-refractivity contribution >= 4 is 35.8 Å². The molecular weight excluding hydrogens is 483 g/mol. The zero-order valence-corrected chi connectivity index (χ0v) is 20.3. The number of carbonyl (C=O) groups excluding carboxylic acids is 1. The van der Waals surface area contributed by atoms with Crippen molar-refractivity contribution in [2.75, 3.05) is 46.9 Å². The lowest BCUT2D eigenvalue weighted by Gasteiger charge is -2.34. The van der Waals surface area contributed by atoms with E-state index < -0.39 is 0 Å². The summed E-state index contributed by atoms with van der Waals surface area (Å²) in [5.41, 5.74) is 1.05. The van der Waals surface area contributed by atoms with Gasteiger partial charge in [0, 0.05) is 40.3 Å². The summed E-state index contributed by atoms with van der Waals surface area (Å²) in [6, 6.07) is 7.76. The number of piperidine rings is 1. The molecule has 0 bridgehead atoms. The Bertz CT molecular complexity index is 647. The van der Waals surface area contributed by atoms with Gasteiger partial charge in [0.05, 0.1) is 12.6 Å². The maximum Gasteiger partial charge on any atom is 0.259 e. The highest BCUT2D eigenvalue weighted by atomic mass is 127. The number of halogens is 1. The molecule has 8 heteroatoms. The Morgan fingerprint density at radius 1 is 1.28 bits per heavy atom. The van der Waals surface area contributed by atoms with E-state index in [4.69, 9.17) is 14.5 Å². The molecule has 1 aliphatic heterocycles. The van der Waals surface area contributed by atoms with Gasteiger partial charge >= 0.3 is 0 Å². The van der Waals surface area contributed by atoms with Crippen LogP contribution in [0.5, 0.6) is 5.75 Å². The van der Waals surface area contributed by atoms with Crippen molar-refractivity contribution < 1.29 is 14.3 Å². The van der Waals surface area contributed by atoms with E-state index in [9.17, 15) is 4.79 Å². The van der Waals surface area contributed by atoms with Crippen molar-refractivity contribution in [2.24, 2.45) is 4.99 Å². The molecule has 0 atom stereocenters. The molecule has 1 aromatic rings. The molecule has 1 amide bonds. The molecule has 29 heavy (non-hydrogen) atoms. The largest absolute Gasteiger partial charge is 0.484 e. The minimum atomic E-state index is -0.0617. The lowest BCUT2D eigenvalue weighted by Crippen LogP contribution is -2.47. The molecular formula is C21H35IN4O3. The maximum absolute atomic E-state index is 11.7. The number of rotatable bonds is 8. The van der Waals surface area contributed by atoms with Crippen LogP contribution in [0.1, 0.15) is 32.3 Å². The van der Waals surface area contributed by atoms with Gasteiger partial charge in [-0.2, -0.15) is 0 Å². The van der Waals surface area contributed by atoms with Crippen LogP contribution in [0.15, 0.2) is 29.3 Å². The van der Waals surface area contributed by atoms with Gasteiger partial charge in [-0.3, -0.25) is 4.79 Å². The summed E-state index contributed by atoms with van der Waals surface area (Å²) in [4.78, 5) is 20.3. The predicted octanol–water partition coefficient (Wildman–Crippen LogP) is 2.74. The quantitative estimate of drug-likeness (QED) is 0.326. The minimum Gasteiger partial charge on any atom is -0.484 e. The third-order valence-corrected chi connectivity index (χ3v) is 4.65. The number of ether oxygens (including phenoxy) is 2. The van der Waals surface area contributed by atoms with E-state index in [0.717, 1.165) is 50.6 Å². The van der Waals surface area contributed by atoms with Crippen LogP contribution in [0.3, 0.4) is 0 Å². The van der Waals surface area contributed by atoms with Gasteiger partial charge in [-0.05, 0) is 44.4 Å². The van der Waals surface area contributed by atoms with Crippen molar-refractivity contribution in [2.45, 2.75) is 39.3 Å². The van der Waals surface area contributed by atoms with Gasteiger partial charge in [-0.1, -0.05) is 12.1 Å². The fraction of sp³-hybridized carbons (Fsp3) is 0.619. The summed E-state index contributed by atoms with van der Waals surface area (Å²) in [6.45, 7) is 8.24. The van der Waals surface area contributed by atoms with Gasteiger partial charge in [0.1, 0.15) is 5.75 Å². The number of nitrogens with zero attached hydrogens (tertiary/aromatic N) is 3. The molecule has 0 aliphatic carbocycles. The number of likely N-dealkylation sites (N-methyl/N-ethyl adjacent to an activating group) is 1. The number of aliphatic imine (C=N–C) groups is 1.